The molecule has 0 unspecified atom stereocenters. The number of hydrogen-bond acceptors (Lipinski definition) is 4. The van der Waals surface area contributed by atoms with Crippen LogP contribution < -0.4 is 14.8 Å². The maximum atomic E-state index is 14.3. The van der Waals surface area contributed by atoms with E-state index in [4.69, 9.17) is 9.47 Å². The molecule has 27 heavy (non-hydrogen) atoms. The zero-order chi connectivity index (χ0) is 19.0. The molecule has 5 nitrogen and oxygen atoms in total. The summed E-state index contributed by atoms with van der Waals surface area (Å²) in [6.07, 6.45) is 1.69. The SMILES string of the molecule is COc1cccc(F)c1C(=O)N[C@H](c1ccc2c(c1)CCO2)C1CC(O)C1. The minimum atomic E-state index is -0.624. The number of amides is 1. The molecule has 0 spiro atoms. The van der Waals surface area contributed by atoms with Crippen LogP contribution in [0, 0.1) is 11.7 Å². The molecule has 142 valence electrons. The number of carbonyl (C=O) groups is 1. The number of nitrogens with one attached hydrogen (secondary N) is 1. The van der Waals surface area contributed by atoms with Crippen molar-refractivity contribution in [2.24, 2.45) is 5.92 Å². The van der Waals surface area contributed by atoms with Crippen LogP contribution in [0.2, 0.25) is 0 Å². The topological polar surface area (TPSA) is 67.8 Å². The third-order valence-corrected chi connectivity index (χ3v) is 5.40. The quantitative estimate of drug-likeness (QED) is 0.848. The van der Waals surface area contributed by atoms with E-state index in [-0.39, 0.29) is 29.4 Å². The molecular formula is C21H22FNO4. The zero-order valence-electron chi connectivity index (χ0n) is 15.1. The molecule has 1 amide bonds. The third-order valence-electron chi connectivity index (χ3n) is 5.40. The van der Waals surface area contributed by atoms with E-state index in [1.165, 1.54) is 19.2 Å². The van der Waals surface area contributed by atoms with Crippen molar-refractivity contribution in [2.45, 2.75) is 31.4 Å². The lowest BCUT2D eigenvalue weighted by atomic mass is 9.74. The molecule has 1 aliphatic heterocycles. The number of methoxy groups -OCH3 is 1. The average molecular weight is 371 g/mol. The van der Waals surface area contributed by atoms with E-state index in [2.05, 4.69) is 5.32 Å². The van der Waals surface area contributed by atoms with Gasteiger partial charge in [0.1, 0.15) is 22.9 Å². The molecule has 4 rings (SSSR count). The lowest BCUT2D eigenvalue weighted by Gasteiger charge is -2.38. The summed E-state index contributed by atoms with van der Waals surface area (Å²) in [4.78, 5) is 12.9. The van der Waals surface area contributed by atoms with E-state index in [0.717, 1.165) is 23.3 Å². The van der Waals surface area contributed by atoms with E-state index in [9.17, 15) is 14.3 Å². The van der Waals surface area contributed by atoms with Crippen LogP contribution in [0.25, 0.3) is 0 Å². The van der Waals surface area contributed by atoms with E-state index in [0.29, 0.717) is 19.4 Å². The normalized spacial score (nSPS) is 21.6. The summed E-state index contributed by atoms with van der Waals surface area (Å²) in [7, 11) is 1.41. The number of ether oxygens (including phenoxy) is 2. The number of benzene rings is 2. The predicted octanol–water partition coefficient (Wildman–Crippen LogP) is 3.01. The van der Waals surface area contributed by atoms with Gasteiger partial charge >= 0.3 is 0 Å². The van der Waals surface area contributed by atoms with Crippen molar-refractivity contribution in [2.75, 3.05) is 13.7 Å². The molecular weight excluding hydrogens is 349 g/mol. The number of aliphatic hydroxyl groups is 1. The van der Waals surface area contributed by atoms with Gasteiger partial charge in [0.15, 0.2) is 0 Å². The maximum Gasteiger partial charge on any atom is 0.258 e. The molecule has 0 aromatic heterocycles. The summed E-state index contributed by atoms with van der Waals surface area (Å²) in [5.41, 5.74) is 1.95. The molecule has 1 saturated carbocycles. The molecule has 0 bridgehead atoms. The highest BCUT2D eigenvalue weighted by Gasteiger charge is 2.37. The molecule has 0 saturated heterocycles. The number of rotatable bonds is 5. The summed E-state index contributed by atoms with van der Waals surface area (Å²) in [5.74, 6) is 0.0206. The Bertz CT molecular complexity index is 863. The van der Waals surface area contributed by atoms with Crippen LogP contribution >= 0.6 is 0 Å². The molecule has 0 radical (unpaired) electrons. The Hall–Kier alpha value is -2.60. The lowest BCUT2D eigenvalue weighted by Crippen LogP contribution is -2.41. The van der Waals surface area contributed by atoms with Crippen molar-refractivity contribution in [1.29, 1.82) is 0 Å². The Morgan fingerprint density at radius 3 is 2.89 bits per heavy atom. The first kappa shape index (κ1) is 17.8. The summed E-state index contributed by atoms with van der Waals surface area (Å²) >= 11 is 0. The van der Waals surface area contributed by atoms with Gasteiger partial charge in [-0.05, 0) is 54.2 Å². The molecule has 1 fully saturated rings. The molecule has 6 heteroatoms. The predicted molar refractivity (Wildman–Crippen MR) is 97.5 cm³/mol. The van der Waals surface area contributed by atoms with Crippen LogP contribution in [-0.2, 0) is 6.42 Å². The smallest absolute Gasteiger partial charge is 0.258 e. The van der Waals surface area contributed by atoms with E-state index < -0.39 is 11.7 Å². The Labute approximate surface area is 157 Å². The fourth-order valence-electron chi connectivity index (χ4n) is 3.88. The van der Waals surface area contributed by atoms with Crippen molar-refractivity contribution in [3.63, 3.8) is 0 Å². The van der Waals surface area contributed by atoms with Gasteiger partial charge in [-0.2, -0.15) is 0 Å². The van der Waals surface area contributed by atoms with Gasteiger partial charge in [0, 0.05) is 6.42 Å². The maximum absolute atomic E-state index is 14.3. The van der Waals surface area contributed by atoms with Crippen LogP contribution in [0.1, 0.15) is 40.4 Å². The fourth-order valence-corrected chi connectivity index (χ4v) is 3.88. The zero-order valence-corrected chi connectivity index (χ0v) is 15.1. The van der Waals surface area contributed by atoms with Gasteiger partial charge in [-0.25, -0.2) is 4.39 Å². The van der Waals surface area contributed by atoms with Gasteiger partial charge < -0.3 is 19.9 Å². The van der Waals surface area contributed by atoms with Gasteiger partial charge in [0.05, 0.1) is 25.9 Å². The van der Waals surface area contributed by atoms with E-state index >= 15 is 0 Å². The van der Waals surface area contributed by atoms with Gasteiger partial charge in [-0.1, -0.05) is 12.1 Å². The second-order valence-electron chi connectivity index (χ2n) is 7.12. The number of halogens is 1. The first-order valence-corrected chi connectivity index (χ1v) is 9.14. The van der Waals surface area contributed by atoms with E-state index in [1.54, 1.807) is 6.07 Å². The molecule has 1 aliphatic carbocycles. The molecule has 2 aliphatic rings. The average Bonchev–Trinajstić information content (AvgIpc) is 3.11. The van der Waals surface area contributed by atoms with E-state index in [1.807, 2.05) is 18.2 Å². The highest BCUT2D eigenvalue weighted by Crippen LogP contribution is 2.40. The number of aliphatic hydroxyl groups excluding tert-OH is 1. The van der Waals surface area contributed by atoms with Crippen LogP contribution in [0.5, 0.6) is 11.5 Å². The summed E-state index contributed by atoms with van der Waals surface area (Å²) in [6.45, 7) is 0.657. The van der Waals surface area contributed by atoms with Crippen molar-refractivity contribution in [1.82, 2.24) is 5.32 Å². The van der Waals surface area contributed by atoms with Gasteiger partial charge in [0.25, 0.3) is 5.91 Å². The van der Waals surface area contributed by atoms with Crippen LogP contribution in [-0.4, -0.2) is 30.8 Å². The summed E-state index contributed by atoms with van der Waals surface area (Å²) in [5, 5.41) is 12.7. The minimum absolute atomic E-state index is 0.0992. The first-order valence-electron chi connectivity index (χ1n) is 9.14. The lowest BCUT2D eigenvalue weighted by molar-refractivity contribution is 0.0234. The molecule has 2 N–H and O–H groups in total. The van der Waals surface area contributed by atoms with Gasteiger partial charge in [-0.3, -0.25) is 4.79 Å². The number of carbonyl (C=O) groups excluding carboxylic acids is 1. The third kappa shape index (κ3) is 3.37. The van der Waals surface area contributed by atoms with Gasteiger partial charge in [-0.15, -0.1) is 0 Å². The van der Waals surface area contributed by atoms with Crippen LogP contribution in [0.15, 0.2) is 36.4 Å². The number of hydrogen-bond donors (Lipinski definition) is 2. The van der Waals surface area contributed by atoms with Crippen LogP contribution in [0.4, 0.5) is 4.39 Å². The van der Waals surface area contributed by atoms with Crippen LogP contribution in [0.3, 0.4) is 0 Å². The van der Waals surface area contributed by atoms with Crippen molar-refractivity contribution < 1.29 is 23.8 Å². The minimum Gasteiger partial charge on any atom is -0.496 e. The highest BCUT2D eigenvalue weighted by molar-refractivity contribution is 5.97. The molecule has 2 aromatic rings. The first-order chi connectivity index (χ1) is 13.1. The molecule has 1 atom stereocenters. The standard InChI is InChI=1S/C21H22FNO4/c1-26-18-4-2-3-16(22)19(18)21(25)23-20(14-10-15(24)11-14)13-5-6-17-12(9-13)7-8-27-17/h2-6,9,14-15,20,24H,7-8,10-11H2,1H3,(H,23,25)/t14?,15?,20-/m1/s1. The second-order valence-corrected chi connectivity index (χ2v) is 7.12. The monoisotopic (exact) mass is 371 g/mol. The van der Waals surface area contributed by atoms with Crippen molar-refractivity contribution >= 4 is 5.91 Å². The van der Waals surface area contributed by atoms with Crippen molar-refractivity contribution in [3.05, 3.63) is 58.9 Å². The largest absolute Gasteiger partial charge is 0.496 e. The Morgan fingerprint density at radius 1 is 1.33 bits per heavy atom. The Balaban J connectivity index is 1.63. The van der Waals surface area contributed by atoms with Gasteiger partial charge in [0.2, 0.25) is 0 Å². The fraction of sp³-hybridized carbons (Fsp3) is 0.381. The molecule has 1 heterocycles. The Morgan fingerprint density at radius 2 is 2.15 bits per heavy atom. The summed E-state index contributed by atoms with van der Waals surface area (Å²) in [6, 6.07) is 9.88. The van der Waals surface area contributed by atoms with Crippen molar-refractivity contribution in [3.8, 4) is 11.5 Å². The molecule has 2 aromatic carbocycles. The number of fused-ring (bicyclic) bond motifs is 1. The Kier molecular flexibility index (Phi) is 4.74. The second kappa shape index (κ2) is 7.19. The summed E-state index contributed by atoms with van der Waals surface area (Å²) < 4.78 is 25.0. The highest BCUT2D eigenvalue weighted by atomic mass is 19.1.